The molecule has 0 aromatic carbocycles. The zero-order valence-electron chi connectivity index (χ0n) is 14.2. The Morgan fingerprint density at radius 3 is 2.59 bits per heavy atom. The maximum absolute atomic E-state index is 5.62. The van der Waals surface area contributed by atoms with E-state index in [4.69, 9.17) is 20.4 Å². The van der Waals surface area contributed by atoms with Gasteiger partial charge >= 0.3 is 0 Å². The van der Waals surface area contributed by atoms with Gasteiger partial charge in [-0.05, 0) is 0 Å². The van der Waals surface area contributed by atoms with Crippen molar-refractivity contribution in [1.82, 2.24) is 24.9 Å². The molecule has 1 fully saturated rings. The first kappa shape index (κ1) is 16.5. The summed E-state index contributed by atoms with van der Waals surface area (Å²) in [7, 11) is 0. The average molecular weight is 397 g/mol. The average Bonchev–Trinajstić information content (AvgIpc) is 3.38. The third-order valence-electron chi connectivity index (χ3n) is 4.30. The SMILES string of the molecule is Nc1ncc(-c2nc(N3CCOCC3)c3scc(-c4nccs4)c3n2)cn1. The molecular formula is C17H15N7OS2. The van der Waals surface area contributed by atoms with E-state index in [1.807, 2.05) is 11.6 Å². The highest BCUT2D eigenvalue weighted by Gasteiger charge is 2.22. The number of hydrogen-bond acceptors (Lipinski definition) is 10. The molecule has 27 heavy (non-hydrogen) atoms. The molecule has 1 aliphatic rings. The second-order valence-electron chi connectivity index (χ2n) is 5.96. The number of anilines is 2. The largest absolute Gasteiger partial charge is 0.378 e. The fraction of sp³-hybridized carbons (Fsp3) is 0.235. The summed E-state index contributed by atoms with van der Waals surface area (Å²) in [5, 5.41) is 5.02. The van der Waals surface area contributed by atoms with E-state index in [1.165, 1.54) is 0 Å². The molecule has 5 rings (SSSR count). The van der Waals surface area contributed by atoms with Gasteiger partial charge in [-0.1, -0.05) is 0 Å². The van der Waals surface area contributed by atoms with Gasteiger partial charge in [-0.25, -0.2) is 24.9 Å². The van der Waals surface area contributed by atoms with Gasteiger partial charge in [0.15, 0.2) is 11.6 Å². The molecule has 4 aromatic rings. The monoisotopic (exact) mass is 397 g/mol. The van der Waals surface area contributed by atoms with Gasteiger partial charge in [0.1, 0.15) is 5.01 Å². The predicted octanol–water partition coefficient (Wildman–Crippen LogP) is 2.69. The van der Waals surface area contributed by atoms with Crippen LogP contribution in [0, 0.1) is 0 Å². The Labute approximate surface area is 162 Å². The molecule has 0 amide bonds. The maximum Gasteiger partial charge on any atom is 0.219 e. The number of rotatable bonds is 3. The van der Waals surface area contributed by atoms with E-state index < -0.39 is 0 Å². The molecule has 0 atom stereocenters. The molecule has 4 aromatic heterocycles. The Morgan fingerprint density at radius 1 is 1.04 bits per heavy atom. The first-order chi connectivity index (χ1) is 13.3. The normalized spacial score (nSPS) is 14.7. The van der Waals surface area contributed by atoms with Crippen molar-refractivity contribution in [3.05, 3.63) is 29.4 Å². The van der Waals surface area contributed by atoms with Crippen molar-refractivity contribution in [1.29, 1.82) is 0 Å². The van der Waals surface area contributed by atoms with Crippen LogP contribution < -0.4 is 10.6 Å². The third-order valence-corrected chi connectivity index (χ3v) is 6.07. The lowest BCUT2D eigenvalue weighted by Gasteiger charge is -2.28. The summed E-state index contributed by atoms with van der Waals surface area (Å²) in [5.74, 6) is 1.73. The Bertz CT molecular complexity index is 1070. The molecule has 0 unspecified atom stereocenters. The van der Waals surface area contributed by atoms with Crippen molar-refractivity contribution < 1.29 is 4.74 Å². The lowest BCUT2D eigenvalue weighted by molar-refractivity contribution is 0.122. The lowest BCUT2D eigenvalue weighted by Crippen LogP contribution is -2.36. The topological polar surface area (TPSA) is 103 Å². The molecule has 0 saturated carbocycles. The summed E-state index contributed by atoms with van der Waals surface area (Å²) in [6, 6.07) is 0. The molecule has 1 aliphatic heterocycles. The summed E-state index contributed by atoms with van der Waals surface area (Å²) < 4.78 is 6.56. The zero-order valence-corrected chi connectivity index (χ0v) is 15.8. The van der Waals surface area contributed by atoms with Gasteiger partial charge in [0.05, 0.1) is 29.0 Å². The van der Waals surface area contributed by atoms with E-state index in [2.05, 4.69) is 25.2 Å². The van der Waals surface area contributed by atoms with Crippen molar-refractivity contribution in [2.24, 2.45) is 0 Å². The van der Waals surface area contributed by atoms with Crippen LogP contribution in [-0.4, -0.2) is 51.2 Å². The highest BCUT2D eigenvalue weighted by Crippen LogP contribution is 2.39. The van der Waals surface area contributed by atoms with Crippen molar-refractivity contribution in [2.45, 2.75) is 0 Å². The van der Waals surface area contributed by atoms with Crippen LogP contribution in [0.4, 0.5) is 11.8 Å². The van der Waals surface area contributed by atoms with E-state index >= 15 is 0 Å². The summed E-state index contributed by atoms with van der Waals surface area (Å²) in [4.78, 5) is 24.6. The van der Waals surface area contributed by atoms with Gasteiger partial charge in [-0.3, -0.25) is 0 Å². The number of aromatic nitrogens is 5. The second-order valence-corrected chi connectivity index (χ2v) is 7.74. The van der Waals surface area contributed by atoms with Gasteiger partial charge in [0.2, 0.25) is 5.95 Å². The molecule has 136 valence electrons. The number of nitrogens with two attached hydrogens (primary N) is 1. The summed E-state index contributed by atoms with van der Waals surface area (Å²) in [5.41, 5.74) is 8.29. The minimum Gasteiger partial charge on any atom is -0.378 e. The fourth-order valence-electron chi connectivity index (χ4n) is 2.98. The van der Waals surface area contributed by atoms with E-state index in [0.717, 1.165) is 45.3 Å². The van der Waals surface area contributed by atoms with Crippen LogP contribution in [0.3, 0.4) is 0 Å². The van der Waals surface area contributed by atoms with Crippen LogP contribution in [0.5, 0.6) is 0 Å². The minimum atomic E-state index is 0.229. The van der Waals surface area contributed by atoms with Crippen LogP contribution in [0.25, 0.3) is 32.2 Å². The van der Waals surface area contributed by atoms with Gasteiger partial charge in [-0.15, -0.1) is 22.7 Å². The lowest BCUT2D eigenvalue weighted by atomic mass is 10.2. The second kappa shape index (κ2) is 6.80. The first-order valence-electron chi connectivity index (χ1n) is 8.39. The van der Waals surface area contributed by atoms with Crippen LogP contribution in [0.2, 0.25) is 0 Å². The molecule has 0 spiro atoms. The molecule has 0 radical (unpaired) electrons. The molecule has 8 nitrogen and oxygen atoms in total. The van der Waals surface area contributed by atoms with E-state index in [-0.39, 0.29) is 5.95 Å². The van der Waals surface area contributed by atoms with Gasteiger partial charge in [-0.2, -0.15) is 0 Å². The molecule has 0 bridgehead atoms. The van der Waals surface area contributed by atoms with E-state index in [1.54, 1.807) is 35.1 Å². The van der Waals surface area contributed by atoms with Crippen molar-refractivity contribution in [2.75, 3.05) is 36.9 Å². The number of nitrogen functional groups attached to an aromatic ring is 1. The van der Waals surface area contributed by atoms with E-state index in [9.17, 15) is 0 Å². The van der Waals surface area contributed by atoms with Crippen LogP contribution in [0.15, 0.2) is 29.4 Å². The summed E-state index contributed by atoms with van der Waals surface area (Å²) in [6.45, 7) is 2.98. The first-order valence-corrected chi connectivity index (χ1v) is 10.2. The van der Waals surface area contributed by atoms with Crippen LogP contribution >= 0.6 is 22.7 Å². The molecule has 0 aliphatic carbocycles. The molecule has 2 N–H and O–H groups in total. The Kier molecular flexibility index (Phi) is 4.15. The standard InChI is InChI=1S/C17H15N7OS2/c18-17-20-7-10(8-21-17)14-22-12-11(16-19-1-6-26-16)9-27-13(12)15(23-14)24-2-4-25-5-3-24/h1,6-9H,2-5H2,(H2,18,20,21). The Hall–Kier alpha value is -2.69. The zero-order chi connectivity index (χ0) is 18.2. The van der Waals surface area contributed by atoms with Gasteiger partial charge < -0.3 is 15.4 Å². The van der Waals surface area contributed by atoms with Gasteiger partial charge in [0.25, 0.3) is 0 Å². The van der Waals surface area contributed by atoms with E-state index in [0.29, 0.717) is 19.0 Å². The third kappa shape index (κ3) is 3.01. The summed E-state index contributed by atoms with van der Waals surface area (Å²) >= 11 is 3.25. The quantitative estimate of drug-likeness (QED) is 0.563. The van der Waals surface area contributed by atoms with Crippen LogP contribution in [-0.2, 0) is 4.74 Å². The number of hydrogen-bond donors (Lipinski definition) is 1. The Balaban J connectivity index is 1.72. The number of fused-ring (bicyclic) bond motifs is 1. The molecule has 5 heterocycles. The summed E-state index contributed by atoms with van der Waals surface area (Å²) in [6.07, 6.45) is 5.12. The highest BCUT2D eigenvalue weighted by atomic mass is 32.1. The maximum atomic E-state index is 5.62. The van der Waals surface area contributed by atoms with Crippen molar-refractivity contribution in [3.63, 3.8) is 0 Å². The highest BCUT2D eigenvalue weighted by molar-refractivity contribution is 7.19. The van der Waals surface area contributed by atoms with Gasteiger partial charge in [0, 0.05) is 48.0 Å². The van der Waals surface area contributed by atoms with Crippen molar-refractivity contribution >= 4 is 44.7 Å². The number of morpholine rings is 1. The van der Waals surface area contributed by atoms with Crippen LogP contribution in [0.1, 0.15) is 0 Å². The molecular weight excluding hydrogens is 382 g/mol. The fourth-order valence-corrected chi connectivity index (χ4v) is 4.72. The molecule has 10 heteroatoms. The number of thiophene rings is 1. The number of ether oxygens (including phenoxy) is 1. The smallest absolute Gasteiger partial charge is 0.219 e. The number of nitrogens with zero attached hydrogens (tertiary/aromatic N) is 6. The molecule has 1 saturated heterocycles. The number of thiazole rings is 1. The Morgan fingerprint density at radius 2 is 1.85 bits per heavy atom. The van der Waals surface area contributed by atoms with Crippen molar-refractivity contribution in [3.8, 4) is 22.0 Å². The predicted molar refractivity (Wildman–Crippen MR) is 107 cm³/mol. The minimum absolute atomic E-state index is 0.229.